The van der Waals surface area contributed by atoms with Crippen molar-refractivity contribution in [1.29, 1.82) is 0 Å². The third-order valence-electron chi connectivity index (χ3n) is 4.00. The molecule has 0 bridgehead atoms. The van der Waals surface area contributed by atoms with E-state index in [-0.39, 0.29) is 5.91 Å². The molecule has 2 N–H and O–H groups in total. The number of hydrogen-bond donors (Lipinski definition) is 2. The lowest BCUT2D eigenvalue weighted by Crippen LogP contribution is -2.29. The van der Waals surface area contributed by atoms with Gasteiger partial charge in [-0.05, 0) is 30.4 Å². The first kappa shape index (κ1) is 13.8. The minimum absolute atomic E-state index is 0.146. The van der Waals surface area contributed by atoms with Gasteiger partial charge >= 0.3 is 0 Å². The maximum Gasteiger partial charge on any atom is 0.269 e. The second-order valence-electron chi connectivity index (χ2n) is 5.73. The Morgan fingerprint density at radius 1 is 1.37 bits per heavy atom. The molecule has 0 radical (unpaired) electrons. The van der Waals surface area contributed by atoms with E-state index in [1.807, 2.05) is 12.1 Å². The van der Waals surface area contributed by atoms with Crippen LogP contribution in [0.2, 0.25) is 0 Å². The van der Waals surface area contributed by atoms with Crippen molar-refractivity contribution in [2.75, 3.05) is 18.9 Å². The summed E-state index contributed by atoms with van der Waals surface area (Å²) < 4.78 is 0. The first-order valence-corrected chi connectivity index (χ1v) is 7.05. The van der Waals surface area contributed by atoms with Crippen molar-refractivity contribution >= 4 is 11.6 Å². The van der Waals surface area contributed by atoms with Crippen molar-refractivity contribution in [2.45, 2.75) is 39.0 Å². The molecule has 1 aliphatic rings. The first-order valence-electron chi connectivity index (χ1n) is 7.05. The zero-order chi connectivity index (χ0) is 13.7. The van der Waals surface area contributed by atoms with Crippen molar-refractivity contribution < 1.29 is 4.79 Å². The molecule has 0 saturated heterocycles. The van der Waals surface area contributed by atoms with Gasteiger partial charge in [0.25, 0.3) is 5.91 Å². The van der Waals surface area contributed by atoms with E-state index < -0.39 is 0 Å². The van der Waals surface area contributed by atoms with Crippen LogP contribution < -0.4 is 10.6 Å². The van der Waals surface area contributed by atoms with Crippen LogP contribution in [0.5, 0.6) is 0 Å². The topological polar surface area (TPSA) is 54.0 Å². The number of pyridine rings is 1. The molecule has 0 atom stereocenters. The average Bonchev–Trinajstić information content (AvgIpc) is 2.45. The SMILES string of the molecule is CNC(=O)c1cc(NCC2(C)CCCCC2)ccn1. The Morgan fingerprint density at radius 2 is 2.11 bits per heavy atom. The maximum atomic E-state index is 11.5. The van der Waals surface area contributed by atoms with E-state index in [2.05, 4.69) is 22.5 Å². The summed E-state index contributed by atoms with van der Waals surface area (Å²) in [6.07, 6.45) is 8.28. The molecule has 0 aliphatic heterocycles. The molecule has 1 heterocycles. The highest BCUT2D eigenvalue weighted by atomic mass is 16.1. The number of amides is 1. The molecule has 1 aromatic rings. The van der Waals surface area contributed by atoms with Gasteiger partial charge in [-0.15, -0.1) is 0 Å². The van der Waals surface area contributed by atoms with E-state index in [4.69, 9.17) is 0 Å². The van der Waals surface area contributed by atoms with Gasteiger partial charge in [0.05, 0.1) is 0 Å². The molecule has 0 unspecified atom stereocenters. The van der Waals surface area contributed by atoms with Gasteiger partial charge in [0.2, 0.25) is 0 Å². The van der Waals surface area contributed by atoms with Gasteiger partial charge in [-0.3, -0.25) is 9.78 Å². The Labute approximate surface area is 115 Å². The highest BCUT2D eigenvalue weighted by molar-refractivity contribution is 5.92. The predicted molar refractivity (Wildman–Crippen MR) is 77.3 cm³/mol. The monoisotopic (exact) mass is 261 g/mol. The number of hydrogen-bond acceptors (Lipinski definition) is 3. The Balaban J connectivity index is 1.97. The van der Waals surface area contributed by atoms with Gasteiger partial charge in [-0.25, -0.2) is 0 Å². The standard InChI is InChI=1S/C15H23N3O/c1-15(7-4-3-5-8-15)11-18-12-6-9-17-13(10-12)14(19)16-2/h6,9-10H,3-5,7-8,11H2,1-2H3,(H,16,19)(H,17,18). The minimum Gasteiger partial charge on any atom is -0.384 e. The minimum atomic E-state index is -0.146. The number of carbonyl (C=O) groups excluding carboxylic acids is 1. The van der Waals surface area contributed by atoms with Crippen LogP contribution in [0.4, 0.5) is 5.69 Å². The molecule has 1 aromatic heterocycles. The van der Waals surface area contributed by atoms with Crippen molar-refractivity contribution in [3.05, 3.63) is 24.0 Å². The molecule has 1 aliphatic carbocycles. The molecule has 104 valence electrons. The lowest BCUT2D eigenvalue weighted by atomic mass is 9.76. The summed E-state index contributed by atoms with van der Waals surface area (Å²) in [5.41, 5.74) is 1.82. The van der Waals surface area contributed by atoms with Gasteiger partial charge in [-0.2, -0.15) is 0 Å². The van der Waals surface area contributed by atoms with Crippen molar-refractivity contribution in [1.82, 2.24) is 10.3 Å². The Kier molecular flexibility index (Phi) is 4.40. The average molecular weight is 261 g/mol. The van der Waals surface area contributed by atoms with Crippen molar-refractivity contribution in [3.8, 4) is 0 Å². The van der Waals surface area contributed by atoms with Crippen LogP contribution in [0.25, 0.3) is 0 Å². The van der Waals surface area contributed by atoms with Crippen LogP contribution in [0, 0.1) is 5.41 Å². The Bertz CT molecular complexity index is 439. The van der Waals surface area contributed by atoms with Gasteiger partial charge in [0.15, 0.2) is 0 Å². The van der Waals surface area contributed by atoms with Crippen LogP contribution in [-0.2, 0) is 0 Å². The predicted octanol–water partition coefficient (Wildman–Crippen LogP) is 2.82. The number of aromatic nitrogens is 1. The smallest absolute Gasteiger partial charge is 0.269 e. The second kappa shape index (κ2) is 6.04. The van der Waals surface area contributed by atoms with E-state index in [1.165, 1.54) is 32.1 Å². The fourth-order valence-corrected chi connectivity index (χ4v) is 2.69. The quantitative estimate of drug-likeness (QED) is 0.876. The number of carbonyl (C=O) groups is 1. The summed E-state index contributed by atoms with van der Waals surface area (Å²) in [5.74, 6) is -0.146. The molecule has 2 rings (SSSR count). The second-order valence-corrected chi connectivity index (χ2v) is 5.73. The van der Waals surface area contributed by atoms with E-state index in [9.17, 15) is 4.79 Å². The molecule has 1 fully saturated rings. The zero-order valence-corrected chi connectivity index (χ0v) is 11.8. The van der Waals surface area contributed by atoms with Crippen LogP contribution in [0.3, 0.4) is 0 Å². The number of nitrogens with zero attached hydrogens (tertiary/aromatic N) is 1. The summed E-state index contributed by atoms with van der Waals surface area (Å²) in [6.45, 7) is 3.31. The van der Waals surface area contributed by atoms with Gasteiger partial charge < -0.3 is 10.6 Å². The van der Waals surface area contributed by atoms with Gasteiger partial charge in [0, 0.05) is 25.5 Å². The fraction of sp³-hybridized carbons (Fsp3) is 0.600. The van der Waals surface area contributed by atoms with E-state index in [0.717, 1.165) is 12.2 Å². The van der Waals surface area contributed by atoms with E-state index in [0.29, 0.717) is 11.1 Å². The van der Waals surface area contributed by atoms with Crippen LogP contribution >= 0.6 is 0 Å². The summed E-state index contributed by atoms with van der Waals surface area (Å²) in [4.78, 5) is 15.6. The Hall–Kier alpha value is -1.58. The molecule has 1 amide bonds. The molecule has 4 heteroatoms. The van der Waals surface area contributed by atoms with Crippen LogP contribution in [0.1, 0.15) is 49.5 Å². The Morgan fingerprint density at radius 3 is 2.79 bits per heavy atom. The van der Waals surface area contributed by atoms with Crippen molar-refractivity contribution in [3.63, 3.8) is 0 Å². The number of rotatable bonds is 4. The molecule has 19 heavy (non-hydrogen) atoms. The molecular formula is C15H23N3O. The fourth-order valence-electron chi connectivity index (χ4n) is 2.69. The lowest BCUT2D eigenvalue weighted by Gasteiger charge is -2.34. The zero-order valence-electron chi connectivity index (χ0n) is 11.8. The third-order valence-corrected chi connectivity index (χ3v) is 4.00. The molecular weight excluding hydrogens is 238 g/mol. The summed E-state index contributed by atoms with van der Waals surface area (Å²) in [7, 11) is 1.62. The van der Waals surface area contributed by atoms with Crippen molar-refractivity contribution in [2.24, 2.45) is 5.41 Å². The van der Waals surface area contributed by atoms with Gasteiger partial charge in [0.1, 0.15) is 5.69 Å². The van der Waals surface area contributed by atoms with E-state index in [1.54, 1.807) is 13.2 Å². The van der Waals surface area contributed by atoms with Crippen LogP contribution in [-0.4, -0.2) is 24.5 Å². The first-order chi connectivity index (χ1) is 9.13. The molecule has 0 aromatic carbocycles. The highest BCUT2D eigenvalue weighted by Crippen LogP contribution is 2.35. The normalized spacial score (nSPS) is 17.8. The lowest BCUT2D eigenvalue weighted by molar-refractivity contribution is 0.0958. The number of anilines is 1. The molecule has 4 nitrogen and oxygen atoms in total. The molecule has 0 spiro atoms. The molecule has 1 saturated carbocycles. The third kappa shape index (κ3) is 3.69. The summed E-state index contributed by atoms with van der Waals surface area (Å²) in [6, 6.07) is 3.73. The number of nitrogens with one attached hydrogen (secondary N) is 2. The summed E-state index contributed by atoms with van der Waals surface area (Å²) in [5, 5.41) is 6.05. The van der Waals surface area contributed by atoms with Crippen LogP contribution in [0.15, 0.2) is 18.3 Å². The highest BCUT2D eigenvalue weighted by Gasteiger charge is 2.26. The summed E-state index contributed by atoms with van der Waals surface area (Å²) >= 11 is 0. The van der Waals surface area contributed by atoms with E-state index >= 15 is 0 Å². The maximum absolute atomic E-state index is 11.5. The van der Waals surface area contributed by atoms with Gasteiger partial charge in [-0.1, -0.05) is 26.2 Å². The largest absolute Gasteiger partial charge is 0.384 e.